The fraction of sp³-hybridized carbons (Fsp3) is 0.182. The van der Waals surface area contributed by atoms with E-state index in [9.17, 15) is 9.59 Å². The molecule has 1 aromatic heterocycles. The van der Waals surface area contributed by atoms with Crippen LogP contribution in [0.2, 0.25) is 0 Å². The fourth-order valence-corrected chi connectivity index (χ4v) is 3.78. The van der Waals surface area contributed by atoms with Gasteiger partial charge in [0.1, 0.15) is 6.04 Å². The van der Waals surface area contributed by atoms with Gasteiger partial charge < -0.3 is 10.6 Å². The van der Waals surface area contributed by atoms with Crippen molar-refractivity contribution in [2.24, 2.45) is 0 Å². The molecule has 0 aliphatic rings. The predicted molar refractivity (Wildman–Crippen MR) is 109 cm³/mol. The number of thiophene rings is 1. The van der Waals surface area contributed by atoms with Gasteiger partial charge in [-0.15, -0.1) is 11.3 Å². The zero-order valence-electron chi connectivity index (χ0n) is 15.4. The van der Waals surface area contributed by atoms with Gasteiger partial charge in [0, 0.05) is 16.8 Å². The molecule has 0 unspecified atom stereocenters. The molecule has 3 rings (SSSR count). The number of nitrogens with one attached hydrogen (secondary N) is 1. The summed E-state index contributed by atoms with van der Waals surface area (Å²) in [5.41, 5.74) is 2.39. The third-order valence-electron chi connectivity index (χ3n) is 4.44. The second kappa shape index (κ2) is 8.75. The second-order valence-electron chi connectivity index (χ2n) is 6.51. The van der Waals surface area contributed by atoms with Crippen LogP contribution in [0.1, 0.15) is 40.7 Å². The van der Waals surface area contributed by atoms with Crippen molar-refractivity contribution in [2.45, 2.75) is 25.9 Å². The van der Waals surface area contributed by atoms with Crippen molar-refractivity contribution in [1.82, 2.24) is 0 Å². The van der Waals surface area contributed by atoms with E-state index in [4.69, 9.17) is 0 Å². The van der Waals surface area contributed by atoms with E-state index in [1.807, 2.05) is 31.2 Å². The Morgan fingerprint density at radius 1 is 1.00 bits per heavy atom. The average Bonchev–Trinajstić information content (AvgIpc) is 3.21. The highest BCUT2D eigenvalue weighted by Crippen LogP contribution is 2.22. The number of benzene rings is 2. The zero-order chi connectivity index (χ0) is 19.2. The number of carbonyl (C=O) groups excluding carboxylic acids is 2. The van der Waals surface area contributed by atoms with Gasteiger partial charge in [0.2, 0.25) is 0 Å². The first-order valence-corrected chi connectivity index (χ1v) is 9.78. The van der Waals surface area contributed by atoms with E-state index >= 15 is 0 Å². The summed E-state index contributed by atoms with van der Waals surface area (Å²) in [6.45, 7) is 3.41. The van der Waals surface area contributed by atoms with Crippen LogP contribution in [-0.4, -0.2) is 17.7 Å². The summed E-state index contributed by atoms with van der Waals surface area (Å²) in [6, 6.07) is 21.1. The second-order valence-corrected chi connectivity index (χ2v) is 7.49. The fourth-order valence-electron chi connectivity index (χ4n) is 2.95. The minimum Gasteiger partial charge on any atom is -0.326 e. The molecule has 3 N–H and O–H groups in total. The topological polar surface area (TPSA) is 62.8 Å². The summed E-state index contributed by atoms with van der Waals surface area (Å²) >= 11 is 1.69. The molecule has 138 valence electrons. The van der Waals surface area contributed by atoms with Crippen LogP contribution >= 0.6 is 11.3 Å². The third-order valence-corrected chi connectivity index (χ3v) is 5.40. The molecule has 0 spiro atoms. The third kappa shape index (κ3) is 4.90. The number of ketones is 1. The summed E-state index contributed by atoms with van der Waals surface area (Å²) in [5.74, 6) is -0.110. The molecule has 5 heteroatoms. The van der Waals surface area contributed by atoms with Gasteiger partial charge in [-0.25, -0.2) is 0 Å². The van der Waals surface area contributed by atoms with Crippen molar-refractivity contribution in [3.63, 3.8) is 0 Å². The SMILES string of the molecule is CC(=O)c1cccc(NC(=O)[C@H](C)[NH2+][C@H](c2ccccc2)c2cccs2)c1. The molecule has 0 bridgehead atoms. The van der Waals surface area contributed by atoms with Crippen LogP contribution in [0.5, 0.6) is 0 Å². The lowest BCUT2D eigenvalue weighted by molar-refractivity contribution is -0.703. The lowest BCUT2D eigenvalue weighted by atomic mass is 10.0. The van der Waals surface area contributed by atoms with E-state index in [2.05, 4.69) is 34.2 Å². The maximum Gasteiger partial charge on any atom is 0.282 e. The Kier molecular flexibility index (Phi) is 6.16. The summed E-state index contributed by atoms with van der Waals surface area (Å²) in [4.78, 5) is 25.4. The maximum absolute atomic E-state index is 12.7. The highest BCUT2D eigenvalue weighted by molar-refractivity contribution is 7.10. The summed E-state index contributed by atoms with van der Waals surface area (Å²) in [7, 11) is 0. The average molecular weight is 380 g/mol. The molecular formula is C22H23N2O2S+. The molecule has 0 radical (unpaired) electrons. The van der Waals surface area contributed by atoms with Crippen molar-refractivity contribution >= 4 is 28.7 Å². The van der Waals surface area contributed by atoms with E-state index < -0.39 is 0 Å². The number of amides is 1. The molecule has 4 nitrogen and oxygen atoms in total. The van der Waals surface area contributed by atoms with Crippen LogP contribution in [0.4, 0.5) is 5.69 Å². The van der Waals surface area contributed by atoms with Crippen molar-refractivity contribution in [1.29, 1.82) is 0 Å². The number of nitrogens with two attached hydrogens (primary N) is 1. The Bertz CT molecular complexity index is 907. The van der Waals surface area contributed by atoms with Gasteiger partial charge in [-0.3, -0.25) is 9.59 Å². The smallest absolute Gasteiger partial charge is 0.282 e. The van der Waals surface area contributed by atoms with Gasteiger partial charge in [0.25, 0.3) is 5.91 Å². The van der Waals surface area contributed by atoms with Crippen LogP contribution in [0.25, 0.3) is 0 Å². The minimum atomic E-state index is -0.293. The Labute approximate surface area is 163 Å². The quantitative estimate of drug-likeness (QED) is 0.616. The number of anilines is 1. The van der Waals surface area contributed by atoms with E-state index in [-0.39, 0.29) is 23.8 Å². The van der Waals surface area contributed by atoms with Crippen LogP contribution in [0.3, 0.4) is 0 Å². The monoisotopic (exact) mass is 379 g/mol. The van der Waals surface area contributed by atoms with Crippen LogP contribution in [-0.2, 0) is 4.79 Å². The molecule has 0 aliphatic heterocycles. The molecule has 1 amide bonds. The highest BCUT2D eigenvalue weighted by atomic mass is 32.1. The molecule has 2 atom stereocenters. The number of hydrogen-bond donors (Lipinski definition) is 2. The summed E-state index contributed by atoms with van der Waals surface area (Å²) < 4.78 is 0. The largest absolute Gasteiger partial charge is 0.326 e. The molecule has 0 fully saturated rings. The van der Waals surface area contributed by atoms with E-state index in [1.54, 1.807) is 35.6 Å². The van der Waals surface area contributed by atoms with Crippen molar-refractivity contribution in [3.8, 4) is 0 Å². The number of hydrogen-bond acceptors (Lipinski definition) is 3. The lowest BCUT2D eigenvalue weighted by Gasteiger charge is -2.19. The predicted octanol–water partition coefficient (Wildman–Crippen LogP) is 3.63. The number of rotatable bonds is 7. The van der Waals surface area contributed by atoms with Crippen molar-refractivity contribution in [2.75, 3.05) is 5.32 Å². The first-order valence-electron chi connectivity index (χ1n) is 8.90. The van der Waals surface area contributed by atoms with E-state index in [0.29, 0.717) is 11.3 Å². The van der Waals surface area contributed by atoms with Crippen LogP contribution < -0.4 is 10.6 Å². The molecule has 1 heterocycles. The molecular weight excluding hydrogens is 356 g/mol. The normalized spacial score (nSPS) is 13.0. The van der Waals surface area contributed by atoms with E-state index in [1.165, 1.54) is 11.8 Å². The zero-order valence-corrected chi connectivity index (χ0v) is 16.2. The van der Waals surface area contributed by atoms with Gasteiger partial charge in [-0.05, 0) is 37.4 Å². The summed E-state index contributed by atoms with van der Waals surface area (Å²) in [5, 5.41) is 7.05. The minimum absolute atomic E-state index is 0.0208. The summed E-state index contributed by atoms with van der Waals surface area (Å²) in [6.07, 6.45) is 0. The number of carbonyl (C=O) groups is 2. The number of quaternary nitrogens is 1. The molecule has 2 aromatic carbocycles. The van der Waals surface area contributed by atoms with Gasteiger partial charge in [-0.2, -0.15) is 0 Å². The molecule has 27 heavy (non-hydrogen) atoms. The highest BCUT2D eigenvalue weighted by Gasteiger charge is 2.25. The molecule has 3 aromatic rings. The van der Waals surface area contributed by atoms with Gasteiger partial charge >= 0.3 is 0 Å². The van der Waals surface area contributed by atoms with Gasteiger partial charge in [-0.1, -0.05) is 48.5 Å². The Morgan fingerprint density at radius 2 is 1.78 bits per heavy atom. The van der Waals surface area contributed by atoms with E-state index in [0.717, 1.165) is 5.56 Å². The first kappa shape index (κ1) is 19.0. The standard InChI is InChI=1S/C22H22N2O2S/c1-15(22(26)24-19-11-6-10-18(14-19)16(2)25)23-21(20-12-7-13-27-20)17-8-4-3-5-9-17/h3-15,21,23H,1-2H3,(H,24,26)/p+1/t15-,21+/m0/s1. The molecule has 0 aliphatic carbocycles. The van der Waals surface area contributed by atoms with Crippen LogP contribution in [0, 0.1) is 0 Å². The Hall–Kier alpha value is -2.76. The van der Waals surface area contributed by atoms with Crippen LogP contribution in [0.15, 0.2) is 72.1 Å². The first-order chi connectivity index (χ1) is 13.0. The van der Waals surface area contributed by atoms with Gasteiger partial charge in [0.05, 0.1) is 4.88 Å². The molecule has 0 saturated heterocycles. The Balaban J connectivity index is 1.74. The maximum atomic E-state index is 12.7. The van der Waals surface area contributed by atoms with Crippen molar-refractivity contribution < 1.29 is 14.9 Å². The lowest BCUT2D eigenvalue weighted by Crippen LogP contribution is -2.92. The van der Waals surface area contributed by atoms with Crippen molar-refractivity contribution in [3.05, 3.63) is 88.1 Å². The Morgan fingerprint density at radius 3 is 2.44 bits per heavy atom. The van der Waals surface area contributed by atoms with Gasteiger partial charge in [0.15, 0.2) is 11.8 Å². The number of Topliss-reactive ketones (excluding diaryl/α,β-unsaturated/α-hetero) is 1. The molecule has 0 saturated carbocycles.